The summed E-state index contributed by atoms with van der Waals surface area (Å²) in [5, 5.41) is 20.6. The van der Waals surface area contributed by atoms with Crippen LogP contribution in [0.3, 0.4) is 0 Å². The molecule has 0 saturated heterocycles. The van der Waals surface area contributed by atoms with Crippen molar-refractivity contribution in [1.82, 2.24) is 5.32 Å². The number of hydrogen-bond donors (Lipinski definition) is 3. The molecule has 3 N–H and O–H groups in total. The molecule has 0 fully saturated rings. The maximum Gasteiger partial charge on any atom is 0.287 e. The summed E-state index contributed by atoms with van der Waals surface area (Å²) in [7, 11) is 0. The Labute approximate surface area is 87.7 Å². The van der Waals surface area contributed by atoms with E-state index in [2.05, 4.69) is 5.32 Å². The van der Waals surface area contributed by atoms with Gasteiger partial charge in [-0.2, -0.15) is 0 Å². The molecule has 1 atom stereocenters. The van der Waals surface area contributed by atoms with Gasteiger partial charge in [-0.15, -0.1) is 0 Å². The number of amides is 1. The molecule has 1 amide bonds. The first-order valence-corrected chi connectivity index (χ1v) is 4.62. The van der Waals surface area contributed by atoms with Gasteiger partial charge in [-0.1, -0.05) is 0 Å². The Morgan fingerprint density at radius 2 is 2.27 bits per heavy atom. The molecule has 1 rings (SSSR count). The van der Waals surface area contributed by atoms with Crippen molar-refractivity contribution in [3.63, 3.8) is 0 Å². The summed E-state index contributed by atoms with van der Waals surface area (Å²) < 4.78 is 5.09. The summed E-state index contributed by atoms with van der Waals surface area (Å²) in [6.45, 7) is 2.73. The van der Waals surface area contributed by atoms with Gasteiger partial charge in [-0.25, -0.2) is 0 Å². The molecule has 15 heavy (non-hydrogen) atoms. The molecule has 0 bridgehead atoms. The summed E-state index contributed by atoms with van der Waals surface area (Å²) in [5.74, 6) is 0.437. The largest absolute Gasteiger partial charge is 0.456 e. The number of aliphatic hydroxyl groups excluding tert-OH is 1. The summed E-state index contributed by atoms with van der Waals surface area (Å²) in [5.41, 5.74) is -1.31. The molecule has 5 nitrogen and oxygen atoms in total. The Morgan fingerprint density at radius 3 is 2.73 bits per heavy atom. The van der Waals surface area contributed by atoms with E-state index < -0.39 is 18.1 Å². The summed E-state index contributed by atoms with van der Waals surface area (Å²) in [6, 6.07) is 3.23. The first kappa shape index (κ1) is 11.7. The van der Waals surface area contributed by atoms with E-state index in [1.165, 1.54) is 6.92 Å². The molecule has 0 aliphatic carbocycles. The molecule has 1 aromatic heterocycles. The molecule has 0 radical (unpaired) electrons. The molecule has 0 saturated carbocycles. The Bertz CT molecular complexity index is 343. The molecular formula is C10H15NO4. The average molecular weight is 213 g/mol. The minimum atomic E-state index is -1.31. The van der Waals surface area contributed by atoms with Crippen molar-refractivity contribution in [2.75, 3.05) is 13.2 Å². The van der Waals surface area contributed by atoms with Gasteiger partial charge < -0.3 is 19.9 Å². The molecule has 0 aliphatic heterocycles. The number of carbonyl (C=O) groups is 1. The van der Waals surface area contributed by atoms with Crippen LogP contribution in [0.25, 0.3) is 0 Å². The van der Waals surface area contributed by atoms with Crippen molar-refractivity contribution in [2.45, 2.75) is 19.4 Å². The van der Waals surface area contributed by atoms with Crippen LogP contribution in [0.5, 0.6) is 0 Å². The second-order valence-electron chi connectivity index (χ2n) is 3.75. The lowest BCUT2D eigenvalue weighted by atomic mass is 10.1. The van der Waals surface area contributed by atoms with Gasteiger partial charge in [0.2, 0.25) is 0 Å². The van der Waals surface area contributed by atoms with E-state index in [9.17, 15) is 9.90 Å². The van der Waals surface area contributed by atoms with Gasteiger partial charge in [0.15, 0.2) is 5.76 Å². The van der Waals surface area contributed by atoms with Gasteiger partial charge in [-0.05, 0) is 26.0 Å². The summed E-state index contributed by atoms with van der Waals surface area (Å²) in [6.07, 6.45) is 0. The minimum Gasteiger partial charge on any atom is -0.456 e. The lowest BCUT2D eigenvalue weighted by Gasteiger charge is -2.19. The number of aryl methyl sites for hydroxylation is 1. The van der Waals surface area contributed by atoms with Crippen LogP contribution >= 0.6 is 0 Å². The Kier molecular flexibility index (Phi) is 3.49. The topological polar surface area (TPSA) is 82.7 Å². The van der Waals surface area contributed by atoms with Crippen molar-refractivity contribution in [1.29, 1.82) is 0 Å². The molecule has 1 unspecified atom stereocenters. The van der Waals surface area contributed by atoms with Gasteiger partial charge in [0.25, 0.3) is 5.91 Å². The zero-order valence-electron chi connectivity index (χ0n) is 8.78. The van der Waals surface area contributed by atoms with Crippen LogP contribution in [0.1, 0.15) is 23.2 Å². The highest BCUT2D eigenvalue weighted by atomic mass is 16.4. The molecular weight excluding hydrogens is 198 g/mol. The van der Waals surface area contributed by atoms with Crippen LogP contribution in [0, 0.1) is 6.92 Å². The molecule has 84 valence electrons. The first-order valence-electron chi connectivity index (χ1n) is 4.62. The van der Waals surface area contributed by atoms with Crippen LogP contribution in [0.2, 0.25) is 0 Å². The number of aliphatic hydroxyl groups is 2. The minimum absolute atomic E-state index is 0.0257. The Hall–Kier alpha value is -1.33. The lowest BCUT2D eigenvalue weighted by molar-refractivity contribution is 0.00299. The predicted molar refractivity (Wildman–Crippen MR) is 53.5 cm³/mol. The number of hydrogen-bond acceptors (Lipinski definition) is 4. The van der Waals surface area contributed by atoms with Crippen molar-refractivity contribution in [3.8, 4) is 0 Å². The SMILES string of the molecule is Cc1ccc(C(=O)NCC(C)(O)CO)o1. The van der Waals surface area contributed by atoms with Crippen LogP contribution in [-0.4, -0.2) is 34.9 Å². The molecule has 1 aromatic rings. The fourth-order valence-electron chi connectivity index (χ4n) is 0.970. The number of furan rings is 1. The summed E-state index contributed by atoms with van der Waals surface area (Å²) in [4.78, 5) is 11.4. The van der Waals surface area contributed by atoms with E-state index in [1.807, 2.05) is 0 Å². The number of nitrogens with one attached hydrogen (secondary N) is 1. The summed E-state index contributed by atoms with van der Waals surface area (Å²) >= 11 is 0. The van der Waals surface area contributed by atoms with Gasteiger partial charge in [0.05, 0.1) is 6.61 Å². The van der Waals surface area contributed by atoms with Crippen molar-refractivity contribution in [3.05, 3.63) is 23.7 Å². The smallest absolute Gasteiger partial charge is 0.287 e. The fourth-order valence-corrected chi connectivity index (χ4v) is 0.970. The highest BCUT2D eigenvalue weighted by Crippen LogP contribution is 2.06. The van der Waals surface area contributed by atoms with Crippen molar-refractivity contribution >= 4 is 5.91 Å². The number of carbonyl (C=O) groups excluding carboxylic acids is 1. The van der Waals surface area contributed by atoms with E-state index >= 15 is 0 Å². The third-order valence-electron chi connectivity index (χ3n) is 1.93. The maximum absolute atomic E-state index is 11.4. The van der Waals surface area contributed by atoms with E-state index in [-0.39, 0.29) is 12.3 Å². The van der Waals surface area contributed by atoms with Crippen molar-refractivity contribution in [2.24, 2.45) is 0 Å². The second-order valence-corrected chi connectivity index (χ2v) is 3.75. The van der Waals surface area contributed by atoms with E-state index in [0.717, 1.165) is 0 Å². The Morgan fingerprint density at radius 1 is 1.60 bits per heavy atom. The zero-order valence-corrected chi connectivity index (χ0v) is 8.78. The molecule has 5 heteroatoms. The predicted octanol–water partition coefficient (Wildman–Crippen LogP) is 0.0611. The van der Waals surface area contributed by atoms with Crippen LogP contribution in [0.15, 0.2) is 16.5 Å². The number of rotatable bonds is 4. The normalized spacial score (nSPS) is 14.7. The quantitative estimate of drug-likeness (QED) is 0.660. The molecule has 0 aromatic carbocycles. The molecule has 1 heterocycles. The zero-order chi connectivity index (χ0) is 11.5. The maximum atomic E-state index is 11.4. The van der Waals surface area contributed by atoms with Gasteiger partial charge >= 0.3 is 0 Å². The standard InChI is InChI=1S/C10H15NO4/c1-7-3-4-8(15-7)9(13)11-5-10(2,14)6-12/h3-4,12,14H,5-6H2,1-2H3,(H,11,13). The van der Waals surface area contributed by atoms with Crippen LogP contribution in [0.4, 0.5) is 0 Å². The first-order chi connectivity index (χ1) is 6.94. The molecule has 0 spiro atoms. The highest BCUT2D eigenvalue weighted by Gasteiger charge is 2.20. The van der Waals surface area contributed by atoms with E-state index in [4.69, 9.17) is 9.52 Å². The fraction of sp³-hybridized carbons (Fsp3) is 0.500. The van der Waals surface area contributed by atoms with Crippen molar-refractivity contribution < 1.29 is 19.4 Å². The average Bonchev–Trinajstić information content (AvgIpc) is 2.61. The highest BCUT2D eigenvalue weighted by molar-refractivity contribution is 5.91. The van der Waals surface area contributed by atoms with E-state index in [1.54, 1.807) is 19.1 Å². The lowest BCUT2D eigenvalue weighted by Crippen LogP contribution is -2.43. The Balaban J connectivity index is 2.50. The second kappa shape index (κ2) is 4.46. The molecule has 0 aliphatic rings. The third kappa shape index (κ3) is 3.38. The van der Waals surface area contributed by atoms with Crippen LogP contribution < -0.4 is 5.32 Å². The third-order valence-corrected chi connectivity index (χ3v) is 1.93. The van der Waals surface area contributed by atoms with Gasteiger partial charge in [-0.3, -0.25) is 4.79 Å². The van der Waals surface area contributed by atoms with Gasteiger partial charge in [0.1, 0.15) is 11.4 Å². The van der Waals surface area contributed by atoms with Gasteiger partial charge in [0, 0.05) is 6.54 Å². The monoisotopic (exact) mass is 213 g/mol. The van der Waals surface area contributed by atoms with E-state index in [0.29, 0.717) is 5.76 Å². The van der Waals surface area contributed by atoms with Crippen LogP contribution in [-0.2, 0) is 0 Å².